The molecule has 0 unspecified atom stereocenters. The summed E-state index contributed by atoms with van der Waals surface area (Å²) in [5.41, 5.74) is 12.6. The number of amides is 1. The first-order valence-corrected chi connectivity index (χ1v) is 20.4. The summed E-state index contributed by atoms with van der Waals surface area (Å²) < 4.78 is 57.2. The standard InChI is InChI=1S/C40H49F3N8O5S/c1-23(52)35-28(14-25(17-45-35)49-10-9-48-11-12-55-19-26(48)18-49)36-29-16-39(2,3)22-56-38(54)31-5-4-8-51(47-31)37(53)30(44)15-34-46-32(20-57-34)24-6-7-33(27(29)13-24)50(36)21-40(41,42)43/h6-7,13-14,17,20,23,26,30-31,47,52H,4-5,8-12,15-16,18-19,21-22,44H2,1-3H3/t23-,26-,30-,31-/m0/s1. The molecule has 4 aliphatic rings. The first kappa shape index (κ1) is 39.7. The Morgan fingerprint density at radius 3 is 2.77 bits per heavy atom. The van der Waals surface area contributed by atoms with Crippen molar-refractivity contribution in [3.05, 3.63) is 52.1 Å². The number of aliphatic hydroxyl groups excluding tert-OH is 1. The number of aromatic nitrogens is 3. The number of alkyl halides is 3. The van der Waals surface area contributed by atoms with Gasteiger partial charge in [0.05, 0.1) is 72.0 Å². The molecule has 4 aliphatic heterocycles. The van der Waals surface area contributed by atoms with Crippen LogP contribution in [0.4, 0.5) is 18.9 Å². The largest absolute Gasteiger partial charge is 0.464 e. The second kappa shape index (κ2) is 15.6. The summed E-state index contributed by atoms with van der Waals surface area (Å²) >= 11 is 1.35. The molecule has 13 nitrogen and oxygen atoms in total. The highest BCUT2D eigenvalue weighted by molar-refractivity contribution is 7.10. The normalized spacial score (nSPS) is 24.2. The lowest BCUT2D eigenvalue weighted by molar-refractivity contribution is -0.155. The van der Waals surface area contributed by atoms with Gasteiger partial charge >= 0.3 is 12.1 Å². The number of morpholine rings is 1. The van der Waals surface area contributed by atoms with E-state index in [1.165, 1.54) is 20.9 Å². The number of hydrazine groups is 1. The molecule has 7 heterocycles. The van der Waals surface area contributed by atoms with Crippen LogP contribution in [-0.2, 0) is 38.4 Å². The van der Waals surface area contributed by atoms with Crippen molar-refractivity contribution in [2.24, 2.45) is 11.1 Å². The van der Waals surface area contributed by atoms with E-state index in [4.69, 9.17) is 25.2 Å². The Bertz CT molecular complexity index is 2150. The highest BCUT2D eigenvalue weighted by atomic mass is 32.1. The molecule has 4 aromatic rings. The first-order valence-electron chi connectivity index (χ1n) is 19.6. The van der Waals surface area contributed by atoms with E-state index in [0.29, 0.717) is 89.7 Å². The molecule has 3 fully saturated rings. The Morgan fingerprint density at radius 2 is 1.98 bits per heavy atom. The Labute approximate surface area is 332 Å². The van der Waals surface area contributed by atoms with Gasteiger partial charge in [-0.2, -0.15) is 13.2 Å². The number of anilines is 1. The van der Waals surface area contributed by atoms with Crippen molar-refractivity contribution in [1.29, 1.82) is 0 Å². The number of benzene rings is 1. The van der Waals surface area contributed by atoms with E-state index in [9.17, 15) is 27.9 Å². The molecule has 0 saturated carbocycles. The summed E-state index contributed by atoms with van der Waals surface area (Å²) in [6.45, 7) is 8.74. The lowest BCUT2D eigenvalue weighted by atomic mass is 9.84. The van der Waals surface area contributed by atoms with Crippen LogP contribution in [0.2, 0.25) is 0 Å². The fourth-order valence-corrected chi connectivity index (χ4v) is 9.44. The lowest BCUT2D eigenvalue weighted by Crippen LogP contribution is -2.59. The maximum Gasteiger partial charge on any atom is 0.406 e. The van der Waals surface area contributed by atoms with Gasteiger partial charge in [-0.1, -0.05) is 19.9 Å². The highest BCUT2D eigenvalue weighted by Gasteiger charge is 2.37. The van der Waals surface area contributed by atoms with Gasteiger partial charge in [-0.15, -0.1) is 11.3 Å². The van der Waals surface area contributed by atoms with Crippen LogP contribution in [0, 0.1) is 5.41 Å². The fraction of sp³-hybridized carbons (Fsp3) is 0.550. The predicted octanol–water partition coefficient (Wildman–Crippen LogP) is 4.45. The van der Waals surface area contributed by atoms with E-state index < -0.39 is 42.3 Å². The number of hydrogen-bond donors (Lipinski definition) is 3. The number of nitrogens with two attached hydrogens (primary N) is 1. The van der Waals surface area contributed by atoms with E-state index in [-0.39, 0.29) is 37.1 Å². The van der Waals surface area contributed by atoms with E-state index in [1.54, 1.807) is 25.3 Å². The lowest BCUT2D eigenvalue weighted by Gasteiger charge is -2.44. The summed E-state index contributed by atoms with van der Waals surface area (Å²) in [5.74, 6) is -0.880. The number of piperazine rings is 1. The molecule has 1 aromatic carbocycles. The highest BCUT2D eigenvalue weighted by Crippen LogP contribution is 2.44. The van der Waals surface area contributed by atoms with Crippen LogP contribution in [-0.4, -0.2) is 118 Å². The number of pyridine rings is 1. The molecule has 57 heavy (non-hydrogen) atoms. The third-order valence-corrected chi connectivity index (χ3v) is 12.3. The Morgan fingerprint density at radius 1 is 1.16 bits per heavy atom. The molecule has 0 aliphatic carbocycles. The maximum atomic E-state index is 14.7. The zero-order valence-corrected chi connectivity index (χ0v) is 33.2. The molecule has 306 valence electrons. The molecule has 4 atom stereocenters. The molecule has 3 saturated heterocycles. The number of esters is 1. The van der Waals surface area contributed by atoms with E-state index >= 15 is 0 Å². The second-order valence-corrected chi connectivity index (χ2v) is 17.4. The van der Waals surface area contributed by atoms with Gasteiger partial charge in [0.2, 0.25) is 0 Å². The van der Waals surface area contributed by atoms with Crippen LogP contribution in [0.1, 0.15) is 56.0 Å². The van der Waals surface area contributed by atoms with Gasteiger partial charge in [0.25, 0.3) is 5.91 Å². The first-order chi connectivity index (χ1) is 27.1. The molecule has 0 spiro atoms. The number of carbonyl (C=O) groups is 2. The Balaban J connectivity index is 1.30. The van der Waals surface area contributed by atoms with Crippen LogP contribution in [0.25, 0.3) is 33.4 Å². The maximum absolute atomic E-state index is 14.7. The minimum absolute atomic E-state index is 0.0483. The number of cyclic esters (lactones) is 1. The topological polar surface area (TPSA) is 151 Å². The molecule has 1 amide bonds. The van der Waals surface area contributed by atoms with Crippen LogP contribution in [0.15, 0.2) is 35.8 Å². The van der Waals surface area contributed by atoms with Crippen molar-refractivity contribution in [2.45, 2.75) is 83.4 Å². The number of carbonyl (C=O) groups excluding carboxylic acids is 2. The van der Waals surface area contributed by atoms with Gasteiger partial charge in [0.1, 0.15) is 12.6 Å². The Kier molecular flexibility index (Phi) is 10.8. The van der Waals surface area contributed by atoms with Crippen LogP contribution in [0.5, 0.6) is 0 Å². The molecule has 0 radical (unpaired) electrons. The molecule has 17 heteroatoms. The molecule has 3 aromatic heterocycles. The number of fused-ring (bicyclic) bond motifs is 7. The summed E-state index contributed by atoms with van der Waals surface area (Å²) in [4.78, 5) is 41.0. The van der Waals surface area contributed by atoms with Gasteiger partial charge in [-0.05, 0) is 49.9 Å². The third kappa shape index (κ3) is 8.27. The smallest absolute Gasteiger partial charge is 0.406 e. The number of nitrogens with one attached hydrogen (secondary N) is 1. The SMILES string of the molecule is C[C@H](O)c1ncc(N2CCN3CCOC[C@@H]3C2)cc1-c1c2c3cc(ccc3n1CC(F)(F)F)-c1csc(n1)C[C@H](N)C(=O)N1CCC[C@H](N1)C(=O)OCC(C)(C)C2. The number of hydrogen-bond acceptors (Lipinski definition) is 12. The minimum atomic E-state index is -4.60. The minimum Gasteiger partial charge on any atom is -0.464 e. The summed E-state index contributed by atoms with van der Waals surface area (Å²) in [5, 5.41) is 15.6. The molecule has 8 rings (SSSR count). The third-order valence-electron chi connectivity index (χ3n) is 11.4. The number of thiazole rings is 1. The fourth-order valence-electron chi connectivity index (χ4n) is 8.58. The number of nitrogens with zero attached hydrogens (tertiary/aromatic N) is 6. The Hall–Kier alpha value is -4.13. The summed E-state index contributed by atoms with van der Waals surface area (Å²) in [7, 11) is 0. The molecule has 6 bridgehead atoms. The van der Waals surface area contributed by atoms with Gasteiger partial charge in [-0.25, -0.2) is 10.4 Å². The van der Waals surface area contributed by atoms with Crippen molar-refractivity contribution in [2.75, 3.05) is 57.4 Å². The number of halogens is 3. The zero-order valence-electron chi connectivity index (χ0n) is 32.3. The molecular weight excluding hydrogens is 762 g/mol. The number of aliphatic hydroxyl groups is 1. The van der Waals surface area contributed by atoms with Crippen LogP contribution >= 0.6 is 11.3 Å². The van der Waals surface area contributed by atoms with Crippen molar-refractivity contribution in [3.63, 3.8) is 0 Å². The van der Waals surface area contributed by atoms with Crippen molar-refractivity contribution in [3.8, 4) is 22.5 Å². The van der Waals surface area contributed by atoms with Gasteiger partial charge in [0, 0.05) is 72.0 Å². The van der Waals surface area contributed by atoms with Crippen molar-refractivity contribution in [1.82, 2.24) is 29.9 Å². The van der Waals surface area contributed by atoms with Gasteiger partial charge in [0.15, 0.2) is 0 Å². The quantitative estimate of drug-likeness (QED) is 0.251. The summed E-state index contributed by atoms with van der Waals surface area (Å²) in [6, 6.07) is 5.65. The van der Waals surface area contributed by atoms with E-state index in [0.717, 1.165) is 18.8 Å². The average Bonchev–Trinajstić information content (AvgIpc) is 3.76. The van der Waals surface area contributed by atoms with Crippen LogP contribution in [0.3, 0.4) is 0 Å². The van der Waals surface area contributed by atoms with Crippen molar-refractivity contribution < 1.29 is 37.3 Å². The van der Waals surface area contributed by atoms with E-state index in [2.05, 4.69) is 15.2 Å². The predicted molar refractivity (Wildman–Crippen MR) is 209 cm³/mol. The zero-order chi connectivity index (χ0) is 40.2. The average molecular weight is 811 g/mol. The summed E-state index contributed by atoms with van der Waals surface area (Å²) in [6.07, 6.45) is -2.59. The monoisotopic (exact) mass is 810 g/mol. The molecule has 4 N–H and O–H groups in total. The number of ether oxygens (including phenoxy) is 2. The van der Waals surface area contributed by atoms with Crippen molar-refractivity contribution >= 4 is 39.8 Å². The van der Waals surface area contributed by atoms with E-state index in [1.807, 2.05) is 31.4 Å². The number of rotatable bonds is 4. The van der Waals surface area contributed by atoms with Gasteiger partial charge in [-0.3, -0.25) is 24.5 Å². The van der Waals surface area contributed by atoms with Gasteiger partial charge < -0.3 is 29.8 Å². The second-order valence-electron chi connectivity index (χ2n) is 16.5. The van der Waals surface area contributed by atoms with Crippen LogP contribution < -0.4 is 16.1 Å². The molecular formula is C40H49F3N8O5S.